The van der Waals surface area contributed by atoms with Crippen molar-refractivity contribution in [3.8, 4) is 11.5 Å². The number of hydroxylamine groups is 3. The van der Waals surface area contributed by atoms with Crippen molar-refractivity contribution in [3.63, 3.8) is 0 Å². The fourth-order valence-corrected chi connectivity index (χ4v) is 10.7. The van der Waals surface area contributed by atoms with Gasteiger partial charge in [-0.3, -0.25) is 38.4 Å². The van der Waals surface area contributed by atoms with Crippen molar-refractivity contribution in [2.75, 3.05) is 20.3 Å². The highest BCUT2D eigenvalue weighted by Crippen LogP contribution is 2.44. The van der Waals surface area contributed by atoms with Gasteiger partial charge in [0.05, 0.1) is 39.4 Å². The van der Waals surface area contributed by atoms with Crippen LogP contribution in [0, 0.1) is 0 Å². The number of rotatable bonds is 20. The normalized spacial score (nSPS) is 11.2. The van der Waals surface area contributed by atoms with Crippen LogP contribution in [0.1, 0.15) is 43.0 Å². The molecule has 12 rings (SSSR count). The summed E-state index contributed by atoms with van der Waals surface area (Å²) in [6, 6.07) is 68.8. The van der Waals surface area contributed by atoms with E-state index >= 15 is 0 Å². The molecule has 5 N–H and O–H groups in total. The Labute approximate surface area is 487 Å². The van der Waals surface area contributed by atoms with E-state index in [-0.39, 0.29) is 37.6 Å². The molecule has 16 nitrogen and oxygen atoms in total. The maximum Gasteiger partial charge on any atom is 0.289 e. The summed E-state index contributed by atoms with van der Waals surface area (Å²) in [5.41, 5.74) is 20.7. The first-order valence-electron chi connectivity index (χ1n) is 27.3. The van der Waals surface area contributed by atoms with Gasteiger partial charge >= 0.3 is 0 Å². The highest BCUT2D eigenvalue weighted by Gasteiger charge is 2.27. The Morgan fingerprint density at radius 2 is 0.847 bits per heavy atom. The van der Waals surface area contributed by atoms with Crippen LogP contribution < -0.4 is 26.4 Å². The predicted molar refractivity (Wildman–Crippen MR) is 326 cm³/mol. The van der Waals surface area contributed by atoms with E-state index < -0.39 is 35.2 Å². The first-order chi connectivity index (χ1) is 41.4. The fourth-order valence-electron chi connectivity index (χ4n) is 10.7. The standard InChI is InChI=1S/C35H29N3O5.C34H27N3O5/c1-37(43-21-24-13-6-3-7-14-24)30(39)22-42-29-19-25-15-8-9-16-26(25)33-32(29)31-27(34(40)35(36)41)17-10-18-28(31)38(33)20-23-11-4-2-5-12-23;35-34(40)33(39)26-16-9-17-27-30(26)31-28(41-21-29(38)36-42-20-23-12-5-2-6-13-23)18-24-14-7-8-15-25(24)32(31)37(27)19-22-10-3-1-4-11-22/h2-19H,20-22H2,1H3,(H2,36,41);1-18H,19-21H2,(H2,35,40)(H,36,38). The number of nitrogens with two attached hydrogens (primary N) is 2. The summed E-state index contributed by atoms with van der Waals surface area (Å²) in [5, 5.41) is 7.12. The Kier molecular flexibility index (Phi) is 16.5. The number of aromatic nitrogens is 2. The van der Waals surface area contributed by atoms with Crippen molar-refractivity contribution in [1.29, 1.82) is 0 Å². The van der Waals surface area contributed by atoms with Gasteiger partial charge in [-0.05, 0) is 57.3 Å². The van der Waals surface area contributed by atoms with Crippen LogP contribution in [0.2, 0.25) is 0 Å². The van der Waals surface area contributed by atoms with E-state index in [1.807, 2.05) is 194 Å². The van der Waals surface area contributed by atoms with Crippen molar-refractivity contribution < 1.29 is 47.9 Å². The number of fused-ring (bicyclic) bond motifs is 10. The molecule has 12 aromatic rings. The second kappa shape index (κ2) is 25.1. The van der Waals surface area contributed by atoms with Gasteiger partial charge in [-0.1, -0.05) is 194 Å². The number of carbonyl (C=O) groups is 6. The molecule has 2 aromatic heterocycles. The minimum atomic E-state index is -1.05. The monoisotopic (exact) mass is 1130 g/mol. The summed E-state index contributed by atoms with van der Waals surface area (Å²) >= 11 is 0. The van der Waals surface area contributed by atoms with E-state index in [9.17, 15) is 28.8 Å². The lowest BCUT2D eigenvalue weighted by Gasteiger charge is -2.18. The molecular weight excluding hydrogens is 1070 g/mol. The Morgan fingerprint density at radius 1 is 0.447 bits per heavy atom. The molecule has 422 valence electrons. The van der Waals surface area contributed by atoms with Crippen LogP contribution in [0.5, 0.6) is 11.5 Å². The second-order valence-electron chi connectivity index (χ2n) is 20.1. The van der Waals surface area contributed by atoms with Crippen molar-refractivity contribution in [3.05, 3.63) is 252 Å². The number of Topliss-reactive ketones (excluding diaryl/α,β-unsaturated/α-hetero) is 2. The Balaban J connectivity index is 0.000000177. The summed E-state index contributed by atoms with van der Waals surface area (Å²) in [4.78, 5) is 87.1. The smallest absolute Gasteiger partial charge is 0.289 e. The van der Waals surface area contributed by atoms with Gasteiger partial charge in [-0.25, -0.2) is 10.5 Å². The molecule has 0 saturated carbocycles. The number of ketones is 2. The molecule has 4 amide bonds. The third kappa shape index (κ3) is 11.9. The van der Waals surface area contributed by atoms with Crippen LogP contribution in [0.15, 0.2) is 218 Å². The highest BCUT2D eigenvalue weighted by molar-refractivity contribution is 6.46. The number of hydrogen-bond acceptors (Lipinski definition) is 10. The molecule has 0 bridgehead atoms. The SMILES string of the molecule is CN(OCc1ccccc1)C(=O)COc1cc2ccccc2c2c1c1c(C(=O)C(N)=O)cccc1n2Cc1ccccc1.NC(=O)C(=O)c1cccc2c1c1c(OCC(=O)NOCc3ccccc3)cc3ccccc3c1n2Cc1ccccc1. The molecule has 0 unspecified atom stereocenters. The lowest BCUT2D eigenvalue weighted by molar-refractivity contribution is -0.184. The molecule has 0 fully saturated rings. The van der Waals surface area contributed by atoms with Crippen LogP contribution in [0.4, 0.5) is 0 Å². The van der Waals surface area contributed by atoms with Gasteiger partial charge in [0.25, 0.3) is 35.2 Å². The lowest BCUT2D eigenvalue weighted by atomic mass is 9.99. The first-order valence-corrected chi connectivity index (χ1v) is 27.3. The zero-order chi connectivity index (χ0) is 59.0. The van der Waals surface area contributed by atoms with E-state index in [1.54, 1.807) is 31.3 Å². The number of amides is 4. The van der Waals surface area contributed by atoms with Gasteiger partial charge < -0.3 is 30.1 Å². The van der Waals surface area contributed by atoms with Crippen LogP contribution in [0.3, 0.4) is 0 Å². The van der Waals surface area contributed by atoms with Gasteiger partial charge in [0.15, 0.2) is 13.2 Å². The summed E-state index contributed by atoms with van der Waals surface area (Å²) in [6.07, 6.45) is 0. The lowest BCUT2D eigenvalue weighted by Crippen LogP contribution is -2.31. The molecule has 0 saturated heterocycles. The quantitative estimate of drug-likeness (QED) is 0.0373. The minimum Gasteiger partial charge on any atom is -0.483 e. The molecule has 85 heavy (non-hydrogen) atoms. The van der Waals surface area contributed by atoms with Gasteiger partial charge in [0.2, 0.25) is 0 Å². The highest BCUT2D eigenvalue weighted by atomic mass is 16.7. The predicted octanol–water partition coefficient (Wildman–Crippen LogP) is 10.9. The molecule has 0 aliphatic carbocycles. The summed E-state index contributed by atoms with van der Waals surface area (Å²) in [7, 11) is 1.54. The average Bonchev–Trinajstić information content (AvgIpc) is 1.74. The maximum atomic E-state index is 13.1. The minimum absolute atomic E-state index is 0.174. The average molecular weight is 1130 g/mol. The van der Waals surface area contributed by atoms with Gasteiger partial charge in [-0.2, -0.15) is 0 Å². The molecule has 0 aliphatic rings. The zero-order valence-corrected chi connectivity index (χ0v) is 46.1. The number of nitrogens with zero attached hydrogens (tertiary/aromatic N) is 3. The first kappa shape index (κ1) is 55.9. The topological polar surface area (TPSA) is 217 Å². The molecule has 0 radical (unpaired) electrons. The summed E-state index contributed by atoms with van der Waals surface area (Å²) < 4.78 is 16.6. The Morgan fingerprint density at radius 3 is 1.29 bits per heavy atom. The maximum absolute atomic E-state index is 13.1. The Bertz CT molecular complexity index is 4510. The van der Waals surface area contributed by atoms with E-state index in [4.69, 9.17) is 30.6 Å². The van der Waals surface area contributed by atoms with Crippen molar-refractivity contribution in [2.24, 2.45) is 11.5 Å². The van der Waals surface area contributed by atoms with E-state index in [0.29, 0.717) is 46.1 Å². The third-order valence-corrected chi connectivity index (χ3v) is 14.6. The van der Waals surface area contributed by atoms with Crippen LogP contribution >= 0.6 is 0 Å². The summed E-state index contributed by atoms with van der Waals surface area (Å²) in [6.45, 7) is 0.788. The second-order valence-corrected chi connectivity index (χ2v) is 20.1. The zero-order valence-electron chi connectivity index (χ0n) is 46.1. The molecule has 0 spiro atoms. The number of carbonyl (C=O) groups excluding carboxylic acids is 6. The number of primary amides is 2. The van der Waals surface area contributed by atoms with Gasteiger partial charge in [-0.15, -0.1) is 0 Å². The Hall–Kier alpha value is -10.9. The number of likely N-dealkylation sites (N-methyl/N-ethyl adjacent to an activating group) is 1. The molecule has 0 atom stereocenters. The number of nitrogens with one attached hydrogen (secondary N) is 1. The van der Waals surface area contributed by atoms with Crippen molar-refractivity contribution in [1.82, 2.24) is 19.7 Å². The molecule has 0 aliphatic heterocycles. The molecule has 16 heteroatoms. The largest absolute Gasteiger partial charge is 0.483 e. The molecular formula is C69H56N6O10. The summed E-state index contributed by atoms with van der Waals surface area (Å²) in [5.74, 6) is -3.77. The molecule has 10 aromatic carbocycles. The third-order valence-electron chi connectivity index (χ3n) is 14.6. The fraction of sp³-hybridized carbons (Fsp3) is 0.101. The number of ether oxygens (including phenoxy) is 2. The van der Waals surface area contributed by atoms with Crippen molar-refractivity contribution >= 4 is 100 Å². The van der Waals surface area contributed by atoms with E-state index in [2.05, 4.69) is 14.6 Å². The number of hydrogen-bond donors (Lipinski definition) is 3. The van der Waals surface area contributed by atoms with E-state index in [0.717, 1.165) is 70.9 Å². The van der Waals surface area contributed by atoms with Crippen LogP contribution in [0.25, 0.3) is 65.2 Å². The number of benzene rings is 10. The van der Waals surface area contributed by atoms with Gasteiger partial charge in [0, 0.05) is 52.8 Å². The van der Waals surface area contributed by atoms with E-state index in [1.165, 1.54) is 0 Å². The van der Waals surface area contributed by atoms with Crippen LogP contribution in [-0.4, -0.2) is 69.7 Å². The van der Waals surface area contributed by atoms with Crippen molar-refractivity contribution in [2.45, 2.75) is 26.3 Å². The molecule has 2 heterocycles. The van der Waals surface area contributed by atoms with Gasteiger partial charge in [0.1, 0.15) is 18.1 Å². The van der Waals surface area contributed by atoms with Crippen LogP contribution in [-0.2, 0) is 55.2 Å².